The van der Waals surface area contributed by atoms with Crippen LogP contribution in [-0.4, -0.2) is 30.8 Å². The van der Waals surface area contributed by atoms with Crippen molar-refractivity contribution in [3.8, 4) is 0 Å². The van der Waals surface area contributed by atoms with Crippen molar-refractivity contribution in [1.29, 1.82) is 0 Å². The van der Waals surface area contributed by atoms with Crippen LogP contribution in [-0.2, 0) is 9.09 Å². The molecule has 5 nitrogen and oxygen atoms in total. The Hall–Kier alpha value is -0.580. The van der Waals surface area contributed by atoms with Crippen molar-refractivity contribution >= 4 is 36.8 Å². The van der Waals surface area contributed by atoms with Crippen LogP contribution in [0.1, 0.15) is 10.4 Å². The Balaban J connectivity index is 2.71. The van der Waals surface area contributed by atoms with Gasteiger partial charge in [0.2, 0.25) is 0 Å². The second-order valence-electron chi connectivity index (χ2n) is 3.49. The fourth-order valence-electron chi connectivity index (χ4n) is 1.24. The molecule has 0 radical (unpaired) electrons. The summed E-state index contributed by atoms with van der Waals surface area (Å²) in [5.74, 6) is -0.182. The average Bonchev–Trinajstić information content (AvgIpc) is 2.44. The van der Waals surface area contributed by atoms with E-state index in [4.69, 9.17) is 27.7 Å². The van der Waals surface area contributed by atoms with Crippen LogP contribution >= 0.6 is 30.9 Å². The molecule has 0 spiro atoms. The first-order valence-corrected chi connectivity index (χ1v) is 8.32. The molecule has 0 fully saturated rings. The summed E-state index contributed by atoms with van der Waals surface area (Å²) < 4.78 is 17.3. The van der Waals surface area contributed by atoms with Gasteiger partial charge in [-0.3, -0.25) is 0 Å². The Morgan fingerprint density at radius 1 is 1.11 bits per heavy atom. The van der Waals surface area contributed by atoms with E-state index in [0.717, 1.165) is 0 Å². The lowest BCUT2D eigenvalue weighted by Gasteiger charge is -2.19. The van der Waals surface area contributed by atoms with Gasteiger partial charge in [0.25, 0.3) is 0 Å². The zero-order valence-corrected chi connectivity index (χ0v) is 12.5. The second kappa shape index (κ2) is 8.56. The molecule has 8 heteroatoms. The van der Waals surface area contributed by atoms with Crippen molar-refractivity contribution in [2.24, 2.45) is 0 Å². The van der Waals surface area contributed by atoms with Crippen LogP contribution in [0.2, 0.25) is 0 Å². The van der Waals surface area contributed by atoms with Gasteiger partial charge in [-0.1, -0.05) is 18.2 Å². The minimum Gasteiger partial charge on any atom is -0.385 e. The number of hydrogen-bond acceptors (Lipinski definition) is 3. The number of benzene rings is 1. The number of alkyl halides is 2. The first-order chi connectivity index (χ1) is 9.11. The fraction of sp³-hybridized carbons (Fsp3) is 0.364. The van der Waals surface area contributed by atoms with Gasteiger partial charge in [0.1, 0.15) is 0 Å². The summed E-state index contributed by atoms with van der Waals surface area (Å²) in [7, 11) is -3.49. The Morgan fingerprint density at radius 3 is 2.11 bits per heavy atom. The zero-order valence-electron chi connectivity index (χ0n) is 10.1. The van der Waals surface area contributed by atoms with Crippen LogP contribution in [0.3, 0.4) is 0 Å². The standard InChI is InChI=1S/C11H15Cl2N2O3P/c12-6-8-14-19(17,15-9-7-13)18-11(16)10-4-2-1-3-5-10/h1-5H,6-9H2,(H2,14,15,17)/i18+1. The SMILES string of the molecule is O=C([17O]P(=O)(NCCCl)NCCCl)c1ccccc1. The van der Waals surface area contributed by atoms with Gasteiger partial charge in [-0.05, 0) is 12.1 Å². The molecule has 0 aliphatic heterocycles. The minimum atomic E-state index is -3.49. The molecule has 1 aromatic carbocycles. The summed E-state index contributed by atoms with van der Waals surface area (Å²) in [6, 6.07) is 8.32. The van der Waals surface area contributed by atoms with E-state index in [1.165, 1.54) is 0 Å². The molecule has 0 saturated heterocycles. The summed E-state index contributed by atoms with van der Waals surface area (Å²) in [6.07, 6.45) is 0. The molecule has 0 aliphatic carbocycles. The van der Waals surface area contributed by atoms with Gasteiger partial charge in [-0.2, -0.15) is 0 Å². The molecule has 1 aromatic rings. The molecule has 0 aliphatic rings. The van der Waals surface area contributed by atoms with Gasteiger partial charge < -0.3 is 4.52 Å². The zero-order chi connectivity index (χ0) is 14.1. The van der Waals surface area contributed by atoms with Crippen molar-refractivity contribution in [2.45, 2.75) is 0 Å². The maximum atomic E-state index is 12.3. The third-order valence-corrected chi connectivity index (χ3v) is 4.13. The summed E-state index contributed by atoms with van der Waals surface area (Å²) in [5, 5.41) is 5.18. The molecule has 0 heterocycles. The predicted molar refractivity (Wildman–Crippen MR) is 76.9 cm³/mol. The van der Waals surface area contributed by atoms with Crippen LogP contribution < -0.4 is 10.2 Å². The number of nitrogens with one attached hydrogen (secondary N) is 2. The van der Waals surface area contributed by atoms with Crippen LogP contribution in [0.25, 0.3) is 0 Å². The van der Waals surface area contributed by atoms with Gasteiger partial charge >= 0.3 is 13.6 Å². The lowest BCUT2D eigenvalue weighted by molar-refractivity contribution is 0.0733. The highest BCUT2D eigenvalue weighted by Crippen LogP contribution is 2.37. The molecule has 0 saturated carbocycles. The molecule has 0 unspecified atom stereocenters. The monoisotopic (exact) mass is 325 g/mol. The number of carbonyl (C=O) groups is 1. The first-order valence-electron chi connectivity index (χ1n) is 5.62. The Bertz CT molecular complexity index is 433. The quantitative estimate of drug-likeness (QED) is 0.568. The van der Waals surface area contributed by atoms with Gasteiger partial charge in [0.05, 0.1) is 5.56 Å². The average molecular weight is 326 g/mol. The lowest BCUT2D eigenvalue weighted by atomic mass is 10.2. The molecule has 0 amide bonds. The second-order valence-corrected chi connectivity index (χ2v) is 6.16. The lowest BCUT2D eigenvalue weighted by Crippen LogP contribution is -2.28. The Morgan fingerprint density at radius 2 is 1.63 bits per heavy atom. The molecule has 19 heavy (non-hydrogen) atoms. The molecule has 106 valence electrons. The number of carbonyl (C=O) groups excluding carboxylic acids is 1. The van der Waals surface area contributed by atoms with E-state index in [1.54, 1.807) is 30.3 Å². The molecular weight excluding hydrogens is 311 g/mol. The highest BCUT2D eigenvalue weighted by molar-refractivity contribution is 7.55. The molecule has 0 atom stereocenters. The summed E-state index contributed by atoms with van der Waals surface area (Å²) >= 11 is 11.0. The van der Waals surface area contributed by atoms with Crippen molar-refractivity contribution < 1.29 is 13.9 Å². The molecule has 2 N–H and O–H groups in total. The topological polar surface area (TPSA) is 67.4 Å². The van der Waals surface area contributed by atoms with E-state index in [1.807, 2.05) is 0 Å². The predicted octanol–water partition coefficient (Wildman–Crippen LogP) is 2.61. The van der Waals surface area contributed by atoms with Crippen LogP contribution in [0.15, 0.2) is 30.3 Å². The highest BCUT2D eigenvalue weighted by atomic mass is 35.5. The van der Waals surface area contributed by atoms with E-state index in [9.17, 15) is 9.36 Å². The van der Waals surface area contributed by atoms with Crippen molar-refractivity contribution in [3.63, 3.8) is 0 Å². The van der Waals surface area contributed by atoms with E-state index < -0.39 is 13.6 Å². The molecule has 1 rings (SSSR count). The number of rotatable bonds is 8. The van der Waals surface area contributed by atoms with E-state index in [0.29, 0.717) is 5.56 Å². The number of hydrogen-bond donors (Lipinski definition) is 2. The molecule has 0 bridgehead atoms. The normalized spacial score (nSPS) is 11.3. The fourth-order valence-corrected chi connectivity index (χ4v) is 3.09. The summed E-state index contributed by atoms with van der Waals surface area (Å²) in [5.41, 5.74) is 0.322. The van der Waals surface area contributed by atoms with Crippen molar-refractivity contribution in [3.05, 3.63) is 35.9 Å². The van der Waals surface area contributed by atoms with Gasteiger partial charge in [0.15, 0.2) is 0 Å². The molecule has 0 aromatic heterocycles. The first kappa shape index (κ1) is 16.5. The third kappa shape index (κ3) is 5.93. The van der Waals surface area contributed by atoms with E-state index in [-0.39, 0.29) is 24.8 Å². The van der Waals surface area contributed by atoms with E-state index >= 15 is 0 Å². The third-order valence-electron chi connectivity index (χ3n) is 2.05. The van der Waals surface area contributed by atoms with Gasteiger partial charge in [-0.25, -0.2) is 19.5 Å². The largest absolute Gasteiger partial charge is 0.392 e. The smallest absolute Gasteiger partial charge is 0.385 e. The van der Waals surface area contributed by atoms with Crippen LogP contribution in [0.5, 0.6) is 0 Å². The van der Waals surface area contributed by atoms with Crippen molar-refractivity contribution in [1.82, 2.24) is 10.2 Å². The van der Waals surface area contributed by atoms with Gasteiger partial charge in [-0.15, -0.1) is 23.2 Å². The molecular formula is C11H15Cl2N2O3P. The Labute approximate surface area is 122 Å². The van der Waals surface area contributed by atoms with Gasteiger partial charge in [0, 0.05) is 24.8 Å². The van der Waals surface area contributed by atoms with Crippen LogP contribution in [0.4, 0.5) is 0 Å². The summed E-state index contributed by atoms with van der Waals surface area (Å²) in [4.78, 5) is 11.8. The van der Waals surface area contributed by atoms with Crippen LogP contribution in [0, 0.1) is 0 Å². The maximum Gasteiger partial charge on any atom is 0.392 e. The maximum absolute atomic E-state index is 12.3. The van der Waals surface area contributed by atoms with E-state index in [2.05, 4.69) is 10.2 Å². The summed E-state index contributed by atoms with van der Waals surface area (Å²) in [6.45, 7) is 0.492. The Kier molecular flexibility index (Phi) is 7.42. The number of halogens is 2. The highest BCUT2D eigenvalue weighted by Gasteiger charge is 2.26. The minimum absolute atomic E-state index is 0.245. The van der Waals surface area contributed by atoms with Crippen molar-refractivity contribution in [2.75, 3.05) is 24.8 Å².